The fourth-order valence-corrected chi connectivity index (χ4v) is 4.03. The minimum atomic E-state index is 0.0180. The summed E-state index contributed by atoms with van der Waals surface area (Å²) in [5.41, 5.74) is 0. The van der Waals surface area contributed by atoms with Gasteiger partial charge in [-0.2, -0.15) is 0 Å². The first-order chi connectivity index (χ1) is 14.5. The van der Waals surface area contributed by atoms with E-state index < -0.39 is 0 Å². The number of hydrogen-bond acceptors (Lipinski definition) is 2. The number of carbonyl (C=O) groups excluding carboxylic acids is 1. The van der Waals surface area contributed by atoms with Crippen LogP contribution < -0.4 is 0 Å². The Morgan fingerprint density at radius 3 is 1.23 bits per heavy atom. The summed E-state index contributed by atoms with van der Waals surface area (Å²) in [5.74, 6) is 1.72. The molecule has 0 saturated carbocycles. The molecule has 0 aliphatic carbocycles. The molecule has 0 aliphatic rings. The number of unbranched alkanes of at least 4 members (excludes halogenated alkanes) is 15. The summed E-state index contributed by atoms with van der Waals surface area (Å²) in [4.78, 5) is 11.8. The summed E-state index contributed by atoms with van der Waals surface area (Å²) in [6.07, 6.45) is 25.6. The van der Waals surface area contributed by atoms with Crippen molar-refractivity contribution in [2.24, 2.45) is 11.8 Å². The SMILES string of the molecule is CC(C)CCCCCCCCCCCCOC(=O)CCCCCCCCCC(C)C. The van der Waals surface area contributed by atoms with Crippen molar-refractivity contribution in [1.82, 2.24) is 0 Å². The predicted octanol–water partition coefficient (Wildman–Crippen LogP) is 9.64. The highest BCUT2D eigenvalue weighted by molar-refractivity contribution is 5.69. The highest BCUT2D eigenvalue weighted by Crippen LogP contribution is 2.14. The lowest BCUT2D eigenvalue weighted by atomic mass is 10.0. The summed E-state index contributed by atoms with van der Waals surface area (Å²) in [6.45, 7) is 9.87. The lowest BCUT2D eigenvalue weighted by Gasteiger charge is -2.06. The maximum atomic E-state index is 11.8. The van der Waals surface area contributed by atoms with E-state index in [4.69, 9.17) is 4.74 Å². The van der Waals surface area contributed by atoms with Gasteiger partial charge in [0.15, 0.2) is 0 Å². The van der Waals surface area contributed by atoms with E-state index in [1.807, 2.05) is 0 Å². The Morgan fingerprint density at radius 1 is 0.500 bits per heavy atom. The average molecular weight is 425 g/mol. The van der Waals surface area contributed by atoms with Crippen molar-refractivity contribution in [3.8, 4) is 0 Å². The maximum Gasteiger partial charge on any atom is 0.305 e. The number of carbonyl (C=O) groups is 1. The van der Waals surface area contributed by atoms with Crippen LogP contribution in [0.15, 0.2) is 0 Å². The molecular weight excluding hydrogens is 368 g/mol. The van der Waals surface area contributed by atoms with Crippen molar-refractivity contribution in [1.29, 1.82) is 0 Å². The summed E-state index contributed by atoms with van der Waals surface area (Å²) in [6, 6.07) is 0. The number of hydrogen-bond donors (Lipinski definition) is 0. The van der Waals surface area contributed by atoms with Gasteiger partial charge in [-0.05, 0) is 24.7 Å². The van der Waals surface area contributed by atoms with Gasteiger partial charge in [0.2, 0.25) is 0 Å². The van der Waals surface area contributed by atoms with Crippen molar-refractivity contribution >= 4 is 5.97 Å². The number of esters is 1. The second-order valence-electron chi connectivity index (χ2n) is 10.3. The van der Waals surface area contributed by atoms with Crippen LogP contribution in [0.3, 0.4) is 0 Å². The van der Waals surface area contributed by atoms with Crippen LogP contribution in [0.25, 0.3) is 0 Å². The highest BCUT2D eigenvalue weighted by atomic mass is 16.5. The zero-order chi connectivity index (χ0) is 22.3. The molecule has 2 nitrogen and oxygen atoms in total. The second kappa shape index (κ2) is 23.1. The third kappa shape index (κ3) is 25.5. The first-order valence-electron chi connectivity index (χ1n) is 13.7. The van der Waals surface area contributed by atoms with Gasteiger partial charge in [-0.25, -0.2) is 0 Å². The van der Waals surface area contributed by atoms with Gasteiger partial charge in [0.05, 0.1) is 6.61 Å². The Morgan fingerprint density at radius 2 is 0.833 bits per heavy atom. The van der Waals surface area contributed by atoms with Crippen LogP contribution in [0, 0.1) is 11.8 Å². The van der Waals surface area contributed by atoms with Crippen molar-refractivity contribution in [3.63, 3.8) is 0 Å². The molecule has 0 N–H and O–H groups in total. The number of rotatable bonds is 23. The topological polar surface area (TPSA) is 26.3 Å². The van der Waals surface area contributed by atoms with Crippen LogP contribution in [-0.2, 0) is 9.53 Å². The molecule has 0 aromatic rings. The van der Waals surface area contributed by atoms with Crippen LogP contribution in [0.1, 0.15) is 156 Å². The molecule has 0 aliphatic heterocycles. The molecular formula is C28H56O2. The first kappa shape index (κ1) is 29.5. The van der Waals surface area contributed by atoms with E-state index in [0.29, 0.717) is 13.0 Å². The largest absolute Gasteiger partial charge is 0.466 e. The van der Waals surface area contributed by atoms with Gasteiger partial charge in [0.1, 0.15) is 0 Å². The van der Waals surface area contributed by atoms with Crippen molar-refractivity contribution < 1.29 is 9.53 Å². The van der Waals surface area contributed by atoms with Gasteiger partial charge in [0, 0.05) is 6.42 Å². The molecule has 0 bridgehead atoms. The van der Waals surface area contributed by atoms with Crippen LogP contribution in [0.2, 0.25) is 0 Å². The minimum absolute atomic E-state index is 0.0180. The molecule has 0 spiro atoms. The van der Waals surface area contributed by atoms with Crippen LogP contribution in [0.4, 0.5) is 0 Å². The molecule has 0 rings (SSSR count). The van der Waals surface area contributed by atoms with E-state index in [2.05, 4.69) is 27.7 Å². The Bertz CT molecular complexity index is 349. The van der Waals surface area contributed by atoms with E-state index in [0.717, 1.165) is 24.7 Å². The first-order valence-corrected chi connectivity index (χ1v) is 13.7. The van der Waals surface area contributed by atoms with Gasteiger partial charge in [-0.15, -0.1) is 0 Å². The van der Waals surface area contributed by atoms with Gasteiger partial charge in [-0.1, -0.05) is 137 Å². The van der Waals surface area contributed by atoms with E-state index in [9.17, 15) is 4.79 Å². The fraction of sp³-hybridized carbons (Fsp3) is 0.964. The van der Waals surface area contributed by atoms with E-state index in [1.54, 1.807) is 0 Å². The molecule has 0 fully saturated rings. The third-order valence-electron chi connectivity index (χ3n) is 6.10. The summed E-state index contributed by atoms with van der Waals surface area (Å²) in [7, 11) is 0. The average Bonchev–Trinajstić information content (AvgIpc) is 2.69. The molecule has 180 valence electrons. The minimum Gasteiger partial charge on any atom is -0.466 e. The maximum absolute atomic E-state index is 11.8. The smallest absolute Gasteiger partial charge is 0.305 e. The van der Waals surface area contributed by atoms with Crippen LogP contribution >= 0.6 is 0 Å². The third-order valence-corrected chi connectivity index (χ3v) is 6.10. The van der Waals surface area contributed by atoms with E-state index in [1.165, 1.54) is 109 Å². The second-order valence-corrected chi connectivity index (χ2v) is 10.3. The normalized spacial score (nSPS) is 11.5. The Balaban J connectivity index is 3.16. The molecule has 2 heteroatoms. The molecule has 0 saturated heterocycles. The van der Waals surface area contributed by atoms with Crippen molar-refractivity contribution in [3.05, 3.63) is 0 Å². The lowest BCUT2D eigenvalue weighted by Crippen LogP contribution is -2.05. The molecule has 30 heavy (non-hydrogen) atoms. The zero-order valence-corrected chi connectivity index (χ0v) is 21.3. The molecule has 0 aromatic carbocycles. The zero-order valence-electron chi connectivity index (χ0n) is 21.3. The molecule has 0 aromatic heterocycles. The Labute approximate surface area is 190 Å². The molecule has 0 heterocycles. The van der Waals surface area contributed by atoms with Gasteiger partial charge in [0.25, 0.3) is 0 Å². The van der Waals surface area contributed by atoms with Gasteiger partial charge in [-0.3, -0.25) is 4.79 Å². The monoisotopic (exact) mass is 424 g/mol. The predicted molar refractivity (Wildman–Crippen MR) is 133 cm³/mol. The summed E-state index contributed by atoms with van der Waals surface area (Å²) >= 11 is 0. The standard InChI is InChI=1S/C28H56O2/c1-26(2)22-18-14-10-7-5-6-8-13-17-21-25-30-28(29)24-20-16-12-9-11-15-19-23-27(3)4/h26-27H,5-25H2,1-4H3. The van der Waals surface area contributed by atoms with Crippen LogP contribution in [0.5, 0.6) is 0 Å². The Hall–Kier alpha value is -0.530. The van der Waals surface area contributed by atoms with Crippen molar-refractivity contribution in [2.45, 2.75) is 156 Å². The molecule has 0 amide bonds. The Kier molecular flexibility index (Phi) is 22.7. The highest BCUT2D eigenvalue weighted by Gasteiger charge is 2.03. The quantitative estimate of drug-likeness (QED) is 0.120. The van der Waals surface area contributed by atoms with Gasteiger partial charge >= 0.3 is 5.97 Å². The lowest BCUT2D eigenvalue weighted by molar-refractivity contribution is -0.143. The molecule has 0 radical (unpaired) electrons. The summed E-state index contributed by atoms with van der Waals surface area (Å²) < 4.78 is 5.38. The molecule has 0 unspecified atom stereocenters. The van der Waals surface area contributed by atoms with E-state index in [-0.39, 0.29) is 5.97 Å². The fourth-order valence-electron chi connectivity index (χ4n) is 4.03. The number of ether oxygens (including phenoxy) is 1. The van der Waals surface area contributed by atoms with Crippen molar-refractivity contribution in [2.75, 3.05) is 6.61 Å². The van der Waals surface area contributed by atoms with E-state index >= 15 is 0 Å². The summed E-state index contributed by atoms with van der Waals surface area (Å²) in [5, 5.41) is 0. The van der Waals surface area contributed by atoms with Gasteiger partial charge < -0.3 is 4.74 Å². The molecule has 0 atom stereocenters. The van der Waals surface area contributed by atoms with Crippen LogP contribution in [-0.4, -0.2) is 12.6 Å².